The number of rotatable bonds is 4. The van der Waals surface area contributed by atoms with Crippen LogP contribution in [0.2, 0.25) is 0 Å². The number of aryl methyl sites for hydroxylation is 1. The lowest BCUT2D eigenvalue weighted by molar-refractivity contribution is -0.0110. The monoisotopic (exact) mass is 303 g/mol. The molecule has 22 heavy (non-hydrogen) atoms. The van der Waals surface area contributed by atoms with Gasteiger partial charge in [0.15, 0.2) is 5.82 Å². The van der Waals surface area contributed by atoms with Crippen molar-refractivity contribution in [2.45, 2.75) is 25.4 Å². The first-order valence-corrected chi connectivity index (χ1v) is 7.60. The van der Waals surface area contributed by atoms with Crippen molar-refractivity contribution >= 4 is 0 Å². The lowest BCUT2D eigenvalue weighted by Gasteiger charge is -2.22. The Balaban J connectivity index is 1.67. The van der Waals surface area contributed by atoms with Crippen LogP contribution in [-0.2, 0) is 18.8 Å². The average Bonchev–Trinajstić information content (AvgIpc) is 2.82. The van der Waals surface area contributed by atoms with Gasteiger partial charge in [-0.3, -0.25) is 4.57 Å². The molecule has 1 unspecified atom stereocenters. The van der Waals surface area contributed by atoms with Crippen molar-refractivity contribution < 1.29 is 9.47 Å². The Labute approximate surface area is 129 Å². The van der Waals surface area contributed by atoms with Gasteiger partial charge in [-0.05, 0) is 43.5 Å². The first kappa shape index (κ1) is 14.8. The van der Waals surface area contributed by atoms with Gasteiger partial charge in [-0.2, -0.15) is 0 Å². The molecule has 1 aromatic heterocycles. The van der Waals surface area contributed by atoms with Crippen LogP contribution in [0.25, 0.3) is 11.4 Å². The Morgan fingerprint density at radius 2 is 2.05 bits per heavy atom. The summed E-state index contributed by atoms with van der Waals surface area (Å²) in [5.74, 6) is 1.45. The molecule has 1 fully saturated rings. The quantitative estimate of drug-likeness (QED) is 0.863. The number of hydrogen-bond donors (Lipinski definition) is 0. The fraction of sp³-hybridized carbons (Fsp3) is 0.500. The zero-order valence-electron chi connectivity index (χ0n) is 13.0. The predicted octanol–water partition coefficient (Wildman–Crippen LogP) is 1.73. The van der Waals surface area contributed by atoms with Gasteiger partial charge < -0.3 is 9.47 Å². The predicted molar refractivity (Wildman–Crippen MR) is 83.0 cm³/mol. The Morgan fingerprint density at radius 1 is 1.27 bits per heavy atom. The topological polar surface area (TPSA) is 58.3 Å². The maximum atomic E-state index is 11.7. The van der Waals surface area contributed by atoms with Gasteiger partial charge >= 0.3 is 5.69 Å². The summed E-state index contributed by atoms with van der Waals surface area (Å²) in [6.07, 6.45) is 3.62. The zero-order chi connectivity index (χ0) is 15.5. The van der Waals surface area contributed by atoms with Gasteiger partial charge in [0.1, 0.15) is 12.4 Å². The third-order valence-corrected chi connectivity index (χ3v) is 3.95. The normalized spacial score (nSPS) is 18.4. The minimum absolute atomic E-state index is 0.134. The van der Waals surface area contributed by atoms with Crippen LogP contribution in [0.5, 0.6) is 5.75 Å². The summed E-state index contributed by atoms with van der Waals surface area (Å²) in [5, 5.41) is 4.24. The highest BCUT2D eigenvalue weighted by molar-refractivity contribution is 5.56. The van der Waals surface area contributed by atoms with E-state index in [1.54, 1.807) is 14.1 Å². The number of hydrogen-bond acceptors (Lipinski definition) is 4. The van der Waals surface area contributed by atoms with E-state index in [1.807, 2.05) is 24.3 Å². The molecule has 0 spiro atoms. The van der Waals surface area contributed by atoms with Gasteiger partial charge in [-0.25, -0.2) is 9.48 Å². The lowest BCUT2D eigenvalue weighted by Crippen LogP contribution is -2.25. The average molecular weight is 303 g/mol. The Morgan fingerprint density at radius 3 is 2.64 bits per heavy atom. The van der Waals surface area contributed by atoms with Crippen LogP contribution in [-0.4, -0.2) is 33.7 Å². The fourth-order valence-corrected chi connectivity index (χ4v) is 2.64. The van der Waals surface area contributed by atoms with Gasteiger partial charge in [0.05, 0.1) is 6.10 Å². The molecule has 1 saturated heterocycles. The van der Waals surface area contributed by atoms with Crippen molar-refractivity contribution in [3.8, 4) is 17.1 Å². The van der Waals surface area contributed by atoms with Gasteiger partial charge in [0.25, 0.3) is 0 Å². The minimum Gasteiger partial charge on any atom is -0.491 e. The van der Waals surface area contributed by atoms with Gasteiger partial charge in [-0.15, -0.1) is 5.10 Å². The highest BCUT2D eigenvalue weighted by atomic mass is 16.5. The van der Waals surface area contributed by atoms with E-state index in [1.165, 1.54) is 15.7 Å². The zero-order valence-corrected chi connectivity index (χ0v) is 13.0. The molecule has 0 aliphatic carbocycles. The van der Waals surface area contributed by atoms with Crippen LogP contribution in [0.4, 0.5) is 0 Å². The third kappa shape index (κ3) is 3.06. The van der Waals surface area contributed by atoms with E-state index in [0.717, 1.165) is 30.8 Å². The molecule has 2 heterocycles. The lowest BCUT2D eigenvalue weighted by atomic mass is 10.1. The Bertz CT molecular complexity index is 682. The number of nitrogens with zero attached hydrogens (tertiary/aromatic N) is 3. The molecular formula is C16H21N3O3. The van der Waals surface area contributed by atoms with Gasteiger partial charge in [0.2, 0.25) is 0 Å². The number of ether oxygens (including phenoxy) is 2. The summed E-state index contributed by atoms with van der Waals surface area (Å²) in [5.41, 5.74) is 0.756. The summed E-state index contributed by atoms with van der Waals surface area (Å²) in [6.45, 7) is 1.42. The summed E-state index contributed by atoms with van der Waals surface area (Å²) < 4.78 is 14.3. The number of benzene rings is 1. The van der Waals surface area contributed by atoms with E-state index in [9.17, 15) is 4.79 Å². The number of aromatic nitrogens is 3. The molecule has 1 aliphatic rings. The molecule has 1 aliphatic heterocycles. The molecule has 0 N–H and O–H groups in total. The summed E-state index contributed by atoms with van der Waals surface area (Å²) >= 11 is 0. The van der Waals surface area contributed by atoms with Crippen LogP contribution in [0.15, 0.2) is 29.1 Å². The summed E-state index contributed by atoms with van der Waals surface area (Å²) in [7, 11) is 3.36. The molecule has 1 atom stereocenters. The maximum Gasteiger partial charge on any atom is 0.345 e. The van der Waals surface area contributed by atoms with Crippen LogP contribution >= 0.6 is 0 Å². The highest BCUT2D eigenvalue weighted by Gasteiger charge is 2.14. The molecular weight excluding hydrogens is 282 g/mol. The van der Waals surface area contributed by atoms with Crippen LogP contribution in [0, 0.1) is 0 Å². The SMILES string of the molecule is Cn1nc(-c2ccc(OCC3CCCCO3)cc2)n(C)c1=O. The smallest absolute Gasteiger partial charge is 0.345 e. The van der Waals surface area contributed by atoms with E-state index in [0.29, 0.717) is 12.4 Å². The van der Waals surface area contributed by atoms with Crippen molar-refractivity contribution in [1.82, 2.24) is 14.3 Å². The van der Waals surface area contributed by atoms with Crippen molar-refractivity contribution in [3.63, 3.8) is 0 Å². The fourth-order valence-electron chi connectivity index (χ4n) is 2.64. The molecule has 3 rings (SSSR count). The second-order valence-corrected chi connectivity index (χ2v) is 5.61. The summed E-state index contributed by atoms with van der Waals surface area (Å²) in [4.78, 5) is 11.7. The van der Waals surface area contributed by atoms with Crippen LogP contribution < -0.4 is 10.4 Å². The molecule has 0 amide bonds. The van der Waals surface area contributed by atoms with E-state index in [2.05, 4.69) is 5.10 Å². The van der Waals surface area contributed by atoms with E-state index >= 15 is 0 Å². The summed E-state index contributed by atoms with van der Waals surface area (Å²) in [6, 6.07) is 7.63. The van der Waals surface area contributed by atoms with E-state index < -0.39 is 0 Å². The minimum atomic E-state index is -0.134. The van der Waals surface area contributed by atoms with Crippen molar-refractivity contribution in [2.24, 2.45) is 14.1 Å². The molecule has 2 aromatic rings. The van der Waals surface area contributed by atoms with E-state index in [4.69, 9.17) is 9.47 Å². The standard InChI is InChI=1S/C16H21N3O3/c1-18-15(17-19(2)16(18)20)12-6-8-13(9-7-12)22-11-14-5-3-4-10-21-14/h6-9,14H,3-5,10-11H2,1-2H3. The van der Waals surface area contributed by atoms with Crippen molar-refractivity contribution in [2.75, 3.05) is 13.2 Å². The molecule has 1 aromatic carbocycles. The Hall–Kier alpha value is -2.08. The second kappa shape index (κ2) is 6.36. The second-order valence-electron chi connectivity index (χ2n) is 5.61. The molecule has 118 valence electrons. The Kier molecular flexibility index (Phi) is 4.29. The molecule has 6 heteroatoms. The van der Waals surface area contributed by atoms with Crippen LogP contribution in [0.3, 0.4) is 0 Å². The largest absolute Gasteiger partial charge is 0.491 e. The van der Waals surface area contributed by atoms with E-state index in [-0.39, 0.29) is 11.8 Å². The van der Waals surface area contributed by atoms with Gasteiger partial charge in [0, 0.05) is 26.3 Å². The third-order valence-electron chi connectivity index (χ3n) is 3.95. The van der Waals surface area contributed by atoms with Crippen molar-refractivity contribution in [1.29, 1.82) is 0 Å². The first-order chi connectivity index (χ1) is 10.6. The molecule has 0 bridgehead atoms. The highest BCUT2D eigenvalue weighted by Crippen LogP contribution is 2.21. The van der Waals surface area contributed by atoms with Crippen molar-refractivity contribution in [3.05, 3.63) is 34.7 Å². The molecule has 0 saturated carbocycles. The molecule has 0 radical (unpaired) electrons. The maximum absolute atomic E-state index is 11.7. The molecule has 6 nitrogen and oxygen atoms in total. The first-order valence-electron chi connectivity index (χ1n) is 7.60. The van der Waals surface area contributed by atoms with Crippen LogP contribution in [0.1, 0.15) is 19.3 Å². The van der Waals surface area contributed by atoms with Gasteiger partial charge in [-0.1, -0.05) is 0 Å².